The van der Waals surface area contributed by atoms with Gasteiger partial charge in [-0.25, -0.2) is 0 Å². The van der Waals surface area contributed by atoms with Crippen LogP contribution in [0.4, 0.5) is 0 Å². The first-order chi connectivity index (χ1) is 5.83. The fourth-order valence-corrected chi connectivity index (χ4v) is 2.00. The van der Waals surface area contributed by atoms with E-state index in [2.05, 4.69) is 31.7 Å². The Kier molecular flexibility index (Phi) is 1.76. The lowest BCUT2D eigenvalue weighted by atomic mass is 10.0. The zero-order valence-corrected chi connectivity index (χ0v) is 7.56. The summed E-state index contributed by atoms with van der Waals surface area (Å²) in [5, 5.41) is 0. The van der Waals surface area contributed by atoms with E-state index < -0.39 is 0 Å². The largest absolute Gasteiger partial charge is 0.0952 e. The van der Waals surface area contributed by atoms with Crippen LogP contribution in [0.25, 0.3) is 5.57 Å². The van der Waals surface area contributed by atoms with Crippen molar-refractivity contribution in [3.63, 3.8) is 0 Å². The van der Waals surface area contributed by atoms with E-state index in [4.69, 9.17) is 0 Å². The van der Waals surface area contributed by atoms with Crippen LogP contribution in [0.5, 0.6) is 0 Å². The van der Waals surface area contributed by atoms with E-state index in [1.165, 1.54) is 23.1 Å². The molecule has 0 spiro atoms. The average Bonchev–Trinajstić information content (AvgIpc) is 2.48. The van der Waals surface area contributed by atoms with Crippen molar-refractivity contribution >= 4 is 5.57 Å². The summed E-state index contributed by atoms with van der Waals surface area (Å²) in [6.45, 7) is 6.29. The molecule has 0 atom stereocenters. The normalized spacial score (nSPS) is 14.9. The highest BCUT2D eigenvalue weighted by molar-refractivity contribution is 5.71. The molecule has 0 bridgehead atoms. The molecule has 12 heavy (non-hydrogen) atoms. The summed E-state index contributed by atoms with van der Waals surface area (Å²) in [4.78, 5) is 0. The van der Waals surface area contributed by atoms with Crippen molar-refractivity contribution in [3.8, 4) is 0 Å². The Labute approximate surface area is 73.9 Å². The molecule has 0 heterocycles. The highest BCUT2D eigenvalue weighted by Crippen LogP contribution is 2.32. The molecule has 1 aliphatic carbocycles. The zero-order valence-electron chi connectivity index (χ0n) is 7.56. The number of hydrogen-bond donors (Lipinski definition) is 0. The van der Waals surface area contributed by atoms with E-state index in [0.29, 0.717) is 0 Å². The van der Waals surface area contributed by atoms with Gasteiger partial charge in [0.1, 0.15) is 0 Å². The fourth-order valence-electron chi connectivity index (χ4n) is 2.00. The van der Waals surface area contributed by atoms with Crippen LogP contribution >= 0.6 is 0 Å². The molecule has 0 saturated heterocycles. The number of hydrogen-bond acceptors (Lipinski definition) is 0. The summed E-state index contributed by atoms with van der Waals surface area (Å²) in [6, 6.07) is 6.58. The van der Waals surface area contributed by atoms with Crippen LogP contribution in [0.2, 0.25) is 0 Å². The number of fused-ring (bicyclic) bond motifs is 1. The third kappa shape index (κ3) is 0.989. The Morgan fingerprint density at radius 1 is 1.33 bits per heavy atom. The molecule has 0 aromatic heterocycles. The number of rotatable bonds is 1. The molecular formula is C12H14. The summed E-state index contributed by atoms with van der Waals surface area (Å²) in [6.07, 6.45) is 3.51. The first kappa shape index (κ1) is 7.60. The Bertz CT molecular complexity index is 321. The van der Waals surface area contributed by atoms with Gasteiger partial charge in [0.25, 0.3) is 0 Å². The minimum atomic E-state index is 1.15. The minimum absolute atomic E-state index is 1.15. The van der Waals surface area contributed by atoms with Gasteiger partial charge < -0.3 is 0 Å². The van der Waals surface area contributed by atoms with Gasteiger partial charge in [-0.1, -0.05) is 31.7 Å². The van der Waals surface area contributed by atoms with Crippen molar-refractivity contribution in [2.24, 2.45) is 0 Å². The monoisotopic (exact) mass is 158 g/mol. The van der Waals surface area contributed by atoms with Crippen LogP contribution in [0, 0.1) is 0 Å². The van der Waals surface area contributed by atoms with Gasteiger partial charge in [0.2, 0.25) is 0 Å². The van der Waals surface area contributed by atoms with Gasteiger partial charge in [-0.2, -0.15) is 0 Å². The predicted octanol–water partition coefficient (Wildman–Crippen LogP) is 3.21. The lowest BCUT2D eigenvalue weighted by molar-refractivity contribution is 1.02. The summed E-state index contributed by atoms with van der Waals surface area (Å²) in [5.74, 6) is 0. The van der Waals surface area contributed by atoms with E-state index in [9.17, 15) is 0 Å². The number of aryl methyl sites for hydroxylation is 1. The van der Waals surface area contributed by atoms with Crippen molar-refractivity contribution in [1.29, 1.82) is 0 Å². The third-order valence-electron chi connectivity index (χ3n) is 2.71. The van der Waals surface area contributed by atoms with E-state index in [1.54, 1.807) is 5.56 Å². The van der Waals surface area contributed by atoms with Gasteiger partial charge >= 0.3 is 0 Å². The van der Waals surface area contributed by atoms with E-state index in [-0.39, 0.29) is 0 Å². The second-order valence-electron chi connectivity index (χ2n) is 3.40. The summed E-state index contributed by atoms with van der Waals surface area (Å²) in [7, 11) is 0. The first-order valence-electron chi connectivity index (χ1n) is 4.62. The summed E-state index contributed by atoms with van der Waals surface area (Å²) in [5.41, 5.74) is 5.78. The van der Waals surface area contributed by atoms with Crippen molar-refractivity contribution in [2.45, 2.75) is 26.2 Å². The molecule has 0 N–H and O–H groups in total. The van der Waals surface area contributed by atoms with Crippen LogP contribution in [0.3, 0.4) is 0 Å². The highest BCUT2D eigenvalue weighted by Gasteiger charge is 2.15. The molecule has 0 fully saturated rings. The second-order valence-corrected chi connectivity index (χ2v) is 3.40. The van der Waals surface area contributed by atoms with Gasteiger partial charge in [-0.15, -0.1) is 0 Å². The molecule has 62 valence electrons. The smallest absolute Gasteiger partial charge is 0.0195 e. The number of benzene rings is 1. The van der Waals surface area contributed by atoms with Crippen molar-refractivity contribution in [2.75, 3.05) is 0 Å². The lowest BCUT2D eigenvalue weighted by Crippen LogP contribution is -1.89. The van der Waals surface area contributed by atoms with Gasteiger partial charge in [-0.3, -0.25) is 0 Å². The molecule has 0 unspecified atom stereocenters. The Morgan fingerprint density at radius 3 is 2.92 bits per heavy atom. The van der Waals surface area contributed by atoms with Gasteiger partial charge in [0.05, 0.1) is 0 Å². The summed E-state index contributed by atoms with van der Waals surface area (Å²) < 4.78 is 0. The molecule has 1 aliphatic rings. The van der Waals surface area contributed by atoms with Crippen LogP contribution in [0.15, 0.2) is 24.8 Å². The molecule has 0 radical (unpaired) electrons. The van der Waals surface area contributed by atoms with Crippen LogP contribution < -0.4 is 0 Å². The maximum absolute atomic E-state index is 4.07. The Morgan fingerprint density at radius 2 is 2.17 bits per heavy atom. The summed E-state index contributed by atoms with van der Waals surface area (Å²) >= 11 is 0. The Balaban J connectivity index is 2.58. The maximum Gasteiger partial charge on any atom is -0.0195 e. The standard InChI is InChI=1S/C12H14/c1-3-10-5-4-6-11-9(2)7-8-12(10)11/h4-6H,2-3,7-8H2,1H3. The lowest BCUT2D eigenvalue weighted by Gasteiger charge is -2.04. The molecule has 0 aliphatic heterocycles. The number of allylic oxidation sites excluding steroid dienone is 1. The minimum Gasteiger partial charge on any atom is -0.0952 e. The van der Waals surface area contributed by atoms with Gasteiger partial charge in [0.15, 0.2) is 0 Å². The first-order valence-corrected chi connectivity index (χ1v) is 4.62. The van der Waals surface area contributed by atoms with Crippen LogP contribution in [0.1, 0.15) is 30.0 Å². The molecule has 0 heteroatoms. The fraction of sp³-hybridized carbons (Fsp3) is 0.333. The molecular weight excluding hydrogens is 144 g/mol. The highest BCUT2D eigenvalue weighted by atomic mass is 14.2. The molecule has 0 nitrogen and oxygen atoms in total. The van der Waals surface area contributed by atoms with E-state index >= 15 is 0 Å². The van der Waals surface area contributed by atoms with Gasteiger partial charge in [-0.05, 0) is 41.5 Å². The van der Waals surface area contributed by atoms with Crippen LogP contribution in [-0.2, 0) is 12.8 Å². The average molecular weight is 158 g/mol. The predicted molar refractivity (Wildman–Crippen MR) is 53.2 cm³/mol. The van der Waals surface area contributed by atoms with Gasteiger partial charge in [0, 0.05) is 0 Å². The SMILES string of the molecule is C=C1CCc2c(CC)cccc21. The maximum atomic E-state index is 4.07. The molecule has 0 saturated carbocycles. The molecule has 1 aromatic carbocycles. The van der Waals surface area contributed by atoms with Crippen molar-refractivity contribution < 1.29 is 0 Å². The van der Waals surface area contributed by atoms with Crippen molar-refractivity contribution in [3.05, 3.63) is 41.5 Å². The second kappa shape index (κ2) is 2.78. The van der Waals surface area contributed by atoms with E-state index in [1.807, 2.05) is 0 Å². The van der Waals surface area contributed by atoms with Crippen LogP contribution in [-0.4, -0.2) is 0 Å². The quantitative estimate of drug-likeness (QED) is 0.588. The van der Waals surface area contributed by atoms with Crippen molar-refractivity contribution in [1.82, 2.24) is 0 Å². The third-order valence-corrected chi connectivity index (χ3v) is 2.71. The Hall–Kier alpha value is -1.04. The van der Waals surface area contributed by atoms with E-state index in [0.717, 1.165) is 12.8 Å². The molecule has 1 aromatic rings. The molecule has 2 rings (SSSR count). The zero-order chi connectivity index (χ0) is 8.55. The molecule has 0 amide bonds. The topological polar surface area (TPSA) is 0 Å².